The summed E-state index contributed by atoms with van der Waals surface area (Å²) in [4.78, 5) is 6.05. The minimum Gasteiger partial charge on any atom is -0.454 e. The van der Waals surface area contributed by atoms with Crippen molar-refractivity contribution < 1.29 is 4.42 Å². The van der Waals surface area contributed by atoms with E-state index >= 15 is 0 Å². The molecule has 0 fully saturated rings. The summed E-state index contributed by atoms with van der Waals surface area (Å²) in [5.41, 5.74) is 14.5. The number of hydrogen-bond donors (Lipinski definition) is 0. The second kappa shape index (κ2) is 14.5. The van der Waals surface area contributed by atoms with Crippen molar-refractivity contribution in [3.8, 4) is 22.3 Å². The summed E-state index contributed by atoms with van der Waals surface area (Å²) >= 11 is 1.98. The minimum absolute atomic E-state index is 0.411. The molecule has 8 aromatic carbocycles. The standard InChI is InChI=1S/C54H38N2OS/c1-3-16-41(17-4-1)55(49-24-12-22-47-45-20-7-9-26-51(45)57-53(47)49)43-32-28-37(29-33-43)39-14-11-15-40(36-39)38-30-34-44(35-31-38)56(42-18-5-2-6-19-42)50-25-13-23-48-46-21-8-10-27-52(46)58-54(48)50/h1-36,46,52H. The number of allylic oxidation sites excluding steroid dienone is 3. The molecule has 2 atom stereocenters. The van der Waals surface area contributed by atoms with Gasteiger partial charge >= 0.3 is 0 Å². The van der Waals surface area contributed by atoms with Crippen LogP contribution in [-0.2, 0) is 0 Å². The molecule has 0 saturated heterocycles. The molecule has 0 radical (unpaired) electrons. The van der Waals surface area contributed by atoms with E-state index in [1.165, 1.54) is 32.8 Å². The van der Waals surface area contributed by atoms with Crippen LogP contribution in [0.5, 0.6) is 0 Å². The van der Waals surface area contributed by atoms with E-state index in [2.05, 4.69) is 216 Å². The van der Waals surface area contributed by atoms with Gasteiger partial charge in [0.1, 0.15) is 5.58 Å². The summed E-state index contributed by atoms with van der Waals surface area (Å²) in [5.74, 6) is 0.411. The summed E-state index contributed by atoms with van der Waals surface area (Å²) < 4.78 is 6.51. The maximum atomic E-state index is 6.51. The number of fused-ring (bicyclic) bond motifs is 6. The number of anilines is 6. The zero-order valence-corrected chi connectivity index (χ0v) is 32.5. The fraction of sp³-hybridized carbons (Fsp3) is 0.0370. The molecule has 0 spiro atoms. The molecule has 58 heavy (non-hydrogen) atoms. The Balaban J connectivity index is 0.915. The first-order valence-corrected chi connectivity index (χ1v) is 20.7. The predicted octanol–water partition coefficient (Wildman–Crippen LogP) is 15.5. The van der Waals surface area contributed by atoms with E-state index in [-0.39, 0.29) is 0 Å². The van der Waals surface area contributed by atoms with Crippen LogP contribution in [0.2, 0.25) is 0 Å². The van der Waals surface area contributed by atoms with E-state index < -0.39 is 0 Å². The summed E-state index contributed by atoms with van der Waals surface area (Å²) in [6.45, 7) is 0. The van der Waals surface area contributed by atoms with Crippen molar-refractivity contribution in [3.05, 3.63) is 224 Å². The van der Waals surface area contributed by atoms with E-state index in [9.17, 15) is 0 Å². The number of nitrogens with zero attached hydrogens (tertiary/aromatic N) is 2. The largest absolute Gasteiger partial charge is 0.454 e. The molecule has 0 N–H and O–H groups in total. The van der Waals surface area contributed by atoms with Crippen LogP contribution >= 0.6 is 11.8 Å². The normalized spacial score (nSPS) is 15.4. The highest BCUT2D eigenvalue weighted by Crippen LogP contribution is 2.54. The summed E-state index contributed by atoms with van der Waals surface area (Å²) in [6.07, 6.45) is 9.06. The van der Waals surface area contributed by atoms with Crippen LogP contribution in [0, 0.1) is 0 Å². The molecule has 2 heterocycles. The van der Waals surface area contributed by atoms with E-state index in [1.54, 1.807) is 0 Å². The van der Waals surface area contributed by atoms with Crippen molar-refractivity contribution in [2.75, 3.05) is 9.80 Å². The first-order valence-electron chi connectivity index (χ1n) is 19.8. The summed E-state index contributed by atoms with van der Waals surface area (Å²) in [6, 6.07) is 69.5. The van der Waals surface area contributed by atoms with Crippen molar-refractivity contribution >= 4 is 67.8 Å². The van der Waals surface area contributed by atoms with Gasteiger partial charge in [0.2, 0.25) is 0 Å². The van der Waals surface area contributed by atoms with E-state index in [1.807, 2.05) is 23.9 Å². The van der Waals surface area contributed by atoms with Crippen LogP contribution < -0.4 is 9.80 Å². The highest BCUT2D eigenvalue weighted by atomic mass is 32.2. The van der Waals surface area contributed by atoms with Crippen LogP contribution in [0.4, 0.5) is 34.1 Å². The smallest absolute Gasteiger partial charge is 0.159 e. The number of rotatable bonds is 8. The number of benzene rings is 8. The molecule has 1 aliphatic heterocycles. The molecule has 3 nitrogen and oxygen atoms in total. The molecule has 2 unspecified atom stereocenters. The maximum absolute atomic E-state index is 6.51. The van der Waals surface area contributed by atoms with Crippen molar-refractivity contribution in [1.29, 1.82) is 0 Å². The molecule has 9 aromatic rings. The zero-order valence-electron chi connectivity index (χ0n) is 31.7. The Morgan fingerprint density at radius 3 is 1.64 bits per heavy atom. The molecule has 276 valence electrons. The summed E-state index contributed by atoms with van der Waals surface area (Å²) in [5, 5.41) is 2.67. The van der Waals surface area contributed by atoms with Crippen LogP contribution in [0.15, 0.2) is 228 Å². The van der Waals surface area contributed by atoms with Gasteiger partial charge in [-0.2, -0.15) is 0 Å². The van der Waals surface area contributed by atoms with Crippen molar-refractivity contribution in [3.63, 3.8) is 0 Å². The molecule has 0 amide bonds. The van der Waals surface area contributed by atoms with Gasteiger partial charge in [-0.05, 0) is 101 Å². The van der Waals surface area contributed by atoms with E-state index in [4.69, 9.17) is 4.42 Å². The van der Waals surface area contributed by atoms with Crippen LogP contribution in [-0.4, -0.2) is 5.25 Å². The lowest BCUT2D eigenvalue weighted by atomic mass is 9.92. The molecule has 0 saturated carbocycles. The Kier molecular flexibility index (Phi) is 8.56. The Morgan fingerprint density at radius 1 is 0.414 bits per heavy atom. The van der Waals surface area contributed by atoms with Crippen LogP contribution in [0.1, 0.15) is 11.5 Å². The van der Waals surface area contributed by atoms with Gasteiger partial charge in [0.25, 0.3) is 0 Å². The third-order valence-corrected chi connectivity index (χ3v) is 12.8. The fourth-order valence-corrected chi connectivity index (χ4v) is 10.1. The average molecular weight is 763 g/mol. The van der Waals surface area contributed by atoms with Crippen LogP contribution in [0.25, 0.3) is 44.2 Å². The van der Waals surface area contributed by atoms with Gasteiger partial charge in [-0.15, -0.1) is 11.8 Å². The topological polar surface area (TPSA) is 19.6 Å². The second-order valence-corrected chi connectivity index (χ2v) is 16.0. The SMILES string of the molecule is C1=CC2Sc3c(cccc3N(c3ccccc3)c3ccc(-c4cccc(-c5ccc(N(c6ccccc6)c6cccc7c6oc6ccccc67)cc5)c4)cc3)C2C=C1. The second-order valence-electron chi connectivity index (χ2n) is 14.8. The molecular formula is C54H38N2OS. The molecule has 4 heteroatoms. The van der Waals surface area contributed by atoms with Gasteiger partial charge < -0.3 is 14.2 Å². The third kappa shape index (κ3) is 6.01. The van der Waals surface area contributed by atoms with Gasteiger partial charge in [0, 0.05) is 49.6 Å². The van der Waals surface area contributed by atoms with Gasteiger partial charge in [-0.3, -0.25) is 0 Å². The molecule has 1 aromatic heterocycles. The summed E-state index contributed by atoms with van der Waals surface area (Å²) in [7, 11) is 0. The highest BCUT2D eigenvalue weighted by Gasteiger charge is 2.34. The Labute approximate surface area is 342 Å². The molecule has 2 aliphatic rings. The molecule has 11 rings (SSSR count). The van der Waals surface area contributed by atoms with E-state index in [0.29, 0.717) is 11.2 Å². The monoisotopic (exact) mass is 762 g/mol. The molecule has 1 aliphatic carbocycles. The van der Waals surface area contributed by atoms with Crippen LogP contribution in [0.3, 0.4) is 0 Å². The number of hydrogen-bond acceptors (Lipinski definition) is 4. The molecular weight excluding hydrogens is 725 g/mol. The first-order chi connectivity index (χ1) is 28.8. The van der Waals surface area contributed by atoms with Gasteiger partial charge in [-0.1, -0.05) is 146 Å². The maximum Gasteiger partial charge on any atom is 0.159 e. The van der Waals surface area contributed by atoms with Gasteiger partial charge in [0.15, 0.2) is 5.58 Å². The predicted molar refractivity (Wildman–Crippen MR) is 245 cm³/mol. The molecule has 0 bridgehead atoms. The number of furan rings is 1. The van der Waals surface area contributed by atoms with Gasteiger partial charge in [-0.25, -0.2) is 0 Å². The lowest BCUT2D eigenvalue weighted by molar-refractivity contribution is 0.669. The third-order valence-electron chi connectivity index (χ3n) is 11.4. The quantitative estimate of drug-likeness (QED) is 0.153. The van der Waals surface area contributed by atoms with E-state index in [0.717, 1.165) is 55.9 Å². The zero-order chi connectivity index (χ0) is 38.4. The fourth-order valence-electron chi connectivity index (χ4n) is 8.63. The average Bonchev–Trinajstić information content (AvgIpc) is 3.88. The lowest BCUT2D eigenvalue weighted by Gasteiger charge is -2.27. The number of para-hydroxylation sites is 4. The van der Waals surface area contributed by atoms with Crippen molar-refractivity contribution in [1.82, 2.24) is 0 Å². The van der Waals surface area contributed by atoms with Crippen molar-refractivity contribution in [2.24, 2.45) is 0 Å². The lowest BCUT2D eigenvalue weighted by Crippen LogP contribution is -2.11. The Hall–Kier alpha value is -7.01. The number of thioether (sulfide) groups is 1. The highest BCUT2D eigenvalue weighted by molar-refractivity contribution is 8.00. The minimum atomic E-state index is 0.411. The Bertz CT molecular complexity index is 2990. The van der Waals surface area contributed by atoms with Crippen molar-refractivity contribution in [2.45, 2.75) is 16.1 Å². The van der Waals surface area contributed by atoms with Gasteiger partial charge in [0.05, 0.1) is 11.4 Å². The Morgan fingerprint density at radius 2 is 0.948 bits per heavy atom. The first kappa shape index (κ1) is 34.3.